The lowest BCUT2D eigenvalue weighted by molar-refractivity contribution is 0.0476. The third-order valence-electron chi connectivity index (χ3n) is 4.49. The fourth-order valence-corrected chi connectivity index (χ4v) is 3.15. The van der Waals surface area contributed by atoms with Crippen molar-refractivity contribution in [3.8, 4) is 0 Å². The number of para-hydroxylation sites is 1. The van der Waals surface area contributed by atoms with Crippen LogP contribution in [-0.4, -0.2) is 27.9 Å². The van der Waals surface area contributed by atoms with Crippen LogP contribution in [0.2, 0.25) is 0 Å². The fourth-order valence-electron chi connectivity index (χ4n) is 3.15. The minimum absolute atomic E-state index is 0.138. The third kappa shape index (κ3) is 3.60. The van der Waals surface area contributed by atoms with Crippen LogP contribution in [0.3, 0.4) is 0 Å². The summed E-state index contributed by atoms with van der Waals surface area (Å²) in [5, 5.41) is 0.568. The van der Waals surface area contributed by atoms with Crippen LogP contribution in [-0.2, 0) is 11.3 Å². The van der Waals surface area contributed by atoms with Crippen molar-refractivity contribution in [3.63, 3.8) is 0 Å². The number of H-pyrrole nitrogens is 1. The van der Waals surface area contributed by atoms with Crippen LogP contribution in [0.5, 0.6) is 0 Å². The van der Waals surface area contributed by atoms with Crippen molar-refractivity contribution in [1.29, 1.82) is 0 Å². The van der Waals surface area contributed by atoms with E-state index in [1.165, 1.54) is 6.07 Å². The Labute approximate surface area is 156 Å². The number of ether oxygens (including phenoxy) is 1. The van der Waals surface area contributed by atoms with Gasteiger partial charge in [-0.25, -0.2) is 4.79 Å². The van der Waals surface area contributed by atoms with Crippen molar-refractivity contribution in [3.05, 3.63) is 81.9 Å². The van der Waals surface area contributed by atoms with Gasteiger partial charge in [-0.15, -0.1) is 6.58 Å². The van der Waals surface area contributed by atoms with Gasteiger partial charge in [0.1, 0.15) is 0 Å². The third-order valence-corrected chi connectivity index (χ3v) is 4.49. The first-order chi connectivity index (χ1) is 12.9. The molecule has 6 nitrogen and oxygen atoms in total. The molecule has 0 amide bonds. The van der Waals surface area contributed by atoms with Gasteiger partial charge >= 0.3 is 5.97 Å². The van der Waals surface area contributed by atoms with E-state index in [-0.39, 0.29) is 11.3 Å². The Morgan fingerprint density at radius 2 is 1.93 bits per heavy atom. The van der Waals surface area contributed by atoms with E-state index in [9.17, 15) is 14.4 Å². The van der Waals surface area contributed by atoms with Gasteiger partial charge in [0.25, 0.3) is 0 Å². The predicted molar refractivity (Wildman–Crippen MR) is 103 cm³/mol. The average Bonchev–Trinajstić information content (AvgIpc) is 2.93. The van der Waals surface area contributed by atoms with Crippen molar-refractivity contribution < 1.29 is 14.3 Å². The molecule has 1 N–H and O–H groups in total. The predicted octanol–water partition coefficient (Wildman–Crippen LogP) is 3.17. The molecule has 6 heteroatoms. The highest BCUT2D eigenvalue weighted by atomic mass is 16.5. The number of benzene rings is 1. The Morgan fingerprint density at radius 3 is 2.67 bits per heavy atom. The summed E-state index contributed by atoms with van der Waals surface area (Å²) in [5.74, 6) is -0.994. The Morgan fingerprint density at radius 1 is 1.19 bits per heavy atom. The van der Waals surface area contributed by atoms with Crippen molar-refractivity contribution in [1.82, 2.24) is 9.55 Å². The quantitative estimate of drug-likeness (QED) is 0.414. The molecule has 0 atom stereocenters. The molecule has 3 aromatic rings. The molecule has 0 radical (unpaired) electrons. The molecule has 1 aromatic carbocycles. The van der Waals surface area contributed by atoms with Crippen LogP contribution < -0.4 is 5.56 Å². The molecule has 27 heavy (non-hydrogen) atoms. The molecular formula is C21H20N2O4. The number of hydrogen-bond acceptors (Lipinski definition) is 4. The smallest absolute Gasteiger partial charge is 0.339 e. The van der Waals surface area contributed by atoms with Crippen LogP contribution in [0.25, 0.3) is 10.9 Å². The maximum absolute atomic E-state index is 12.5. The summed E-state index contributed by atoms with van der Waals surface area (Å²) in [6.45, 7) is 7.67. The number of pyridine rings is 1. The first-order valence-corrected chi connectivity index (χ1v) is 8.52. The highest BCUT2D eigenvalue weighted by molar-refractivity contribution is 6.05. The molecule has 0 fully saturated rings. The number of fused-ring (bicyclic) bond motifs is 1. The molecule has 0 aliphatic carbocycles. The van der Waals surface area contributed by atoms with Crippen LogP contribution in [0, 0.1) is 13.8 Å². The summed E-state index contributed by atoms with van der Waals surface area (Å²) >= 11 is 0. The second-order valence-electron chi connectivity index (χ2n) is 6.28. The maximum atomic E-state index is 12.5. The van der Waals surface area contributed by atoms with Gasteiger partial charge < -0.3 is 14.3 Å². The summed E-state index contributed by atoms with van der Waals surface area (Å²) in [7, 11) is 0. The van der Waals surface area contributed by atoms with Crippen LogP contribution in [0.15, 0.2) is 53.8 Å². The molecule has 0 saturated heterocycles. The molecule has 0 bridgehead atoms. The topological polar surface area (TPSA) is 81.2 Å². The molecule has 0 spiro atoms. The Balaban J connectivity index is 1.81. The molecule has 0 saturated carbocycles. The highest BCUT2D eigenvalue weighted by Gasteiger charge is 2.19. The number of ketones is 1. The number of allylic oxidation sites excluding steroid dienone is 1. The number of nitrogens with zero attached hydrogens (tertiary/aromatic N) is 1. The van der Waals surface area contributed by atoms with E-state index in [1.807, 2.05) is 18.4 Å². The van der Waals surface area contributed by atoms with Crippen molar-refractivity contribution in [2.24, 2.45) is 0 Å². The summed E-state index contributed by atoms with van der Waals surface area (Å²) in [5.41, 5.74) is 2.52. The Kier molecular flexibility index (Phi) is 5.07. The van der Waals surface area contributed by atoms with Crippen LogP contribution in [0.4, 0.5) is 0 Å². The zero-order valence-corrected chi connectivity index (χ0v) is 15.2. The van der Waals surface area contributed by atoms with Crippen LogP contribution in [0.1, 0.15) is 32.1 Å². The Hall–Kier alpha value is -3.41. The lowest BCUT2D eigenvalue weighted by Gasteiger charge is -2.08. The number of aromatic amines is 1. The normalized spacial score (nSPS) is 10.7. The van der Waals surface area contributed by atoms with Gasteiger partial charge in [-0.05, 0) is 26.0 Å². The summed E-state index contributed by atoms with van der Waals surface area (Å²) in [6, 6.07) is 9.90. The minimum Gasteiger partial charge on any atom is -0.454 e. The van der Waals surface area contributed by atoms with E-state index in [4.69, 9.17) is 4.74 Å². The summed E-state index contributed by atoms with van der Waals surface area (Å²) < 4.78 is 7.17. The fraction of sp³-hybridized carbons (Fsp3) is 0.190. The molecule has 3 rings (SSSR count). The maximum Gasteiger partial charge on any atom is 0.339 e. The highest BCUT2D eigenvalue weighted by Crippen LogP contribution is 2.18. The number of esters is 1. The number of carbonyl (C=O) groups excluding carboxylic acids is 2. The van der Waals surface area contributed by atoms with Gasteiger partial charge in [0.05, 0.1) is 5.56 Å². The molecule has 0 aliphatic heterocycles. The molecule has 2 heterocycles. The van der Waals surface area contributed by atoms with Crippen molar-refractivity contribution in [2.45, 2.75) is 20.4 Å². The lowest BCUT2D eigenvalue weighted by atomic mass is 10.1. The van der Waals surface area contributed by atoms with Gasteiger partial charge in [0.2, 0.25) is 11.3 Å². The van der Waals surface area contributed by atoms with E-state index in [2.05, 4.69) is 11.6 Å². The Bertz CT molecular complexity index is 1110. The van der Waals surface area contributed by atoms with Crippen molar-refractivity contribution in [2.75, 3.05) is 6.61 Å². The van der Waals surface area contributed by atoms with Crippen molar-refractivity contribution >= 4 is 22.7 Å². The number of aromatic nitrogens is 2. The van der Waals surface area contributed by atoms with Gasteiger partial charge in [0, 0.05) is 40.5 Å². The SMILES string of the molecule is C=CCn1c(C)cc(C(=O)COC(=O)c2cc(=O)[nH]c3ccccc23)c1C. The minimum atomic E-state index is -0.703. The molecular weight excluding hydrogens is 344 g/mol. The van der Waals surface area contributed by atoms with Gasteiger partial charge in [0.15, 0.2) is 6.61 Å². The van der Waals surface area contributed by atoms with Gasteiger partial charge in [-0.3, -0.25) is 9.59 Å². The molecule has 0 aliphatic rings. The zero-order valence-electron chi connectivity index (χ0n) is 15.2. The number of hydrogen-bond donors (Lipinski definition) is 1. The largest absolute Gasteiger partial charge is 0.454 e. The number of Topliss-reactive ketones (excluding diaryl/α,β-unsaturated/α-hetero) is 1. The first-order valence-electron chi connectivity index (χ1n) is 8.52. The second-order valence-corrected chi connectivity index (χ2v) is 6.28. The number of nitrogens with one attached hydrogen (secondary N) is 1. The molecule has 138 valence electrons. The average molecular weight is 364 g/mol. The standard InChI is InChI=1S/C21H20N2O4/c1-4-9-23-13(2)10-16(14(23)3)19(24)12-27-21(26)17-11-20(25)22-18-8-6-5-7-15(17)18/h4-8,10-11H,1,9,12H2,2-3H3,(H,22,25). The van der Waals surface area contributed by atoms with Crippen LogP contribution >= 0.6 is 0 Å². The number of aryl methyl sites for hydroxylation is 1. The van der Waals surface area contributed by atoms with Gasteiger partial charge in [-0.1, -0.05) is 24.3 Å². The van der Waals surface area contributed by atoms with E-state index >= 15 is 0 Å². The number of carbonyl (C=O) groups is 2. The second kappa shape index (κ2) is 7.45. The molecule has 2 aromatic heterocycles. The lowest BCUT2D eigenvalue weighted by Crippen LogP contribution is -2.17. The van der Waals surface area contributed by atoms with Gasteiger partial charge in [-0.2, -0.15) is 0 Å². The number of rotatable bonds is 6. The monoisotopic (exact) mass is 364 g/mol. The van der Waals surface area contributed by atoms with E-state index in [1.54, 1.807) is 36.4 Å². The molecule has 0 unspecified atom stereocenters. The van der Waals surface area contributed by atoms with E-state index < -0.39 is 18.1 Å². The van der Waals surface area contributed by atoms with E-state index in [0.717, 1.165) is 11.4 Å². The zero-order chi connectivity index (χ0) is 19.6. The first kappa shape index (κ1) is 18.4. The summed E-state index contributed by atoms with van der Waals surface area (Å²) in [4.78, 5) is 39.4. The van der Waals surface area contributed by atoms with E-state index in [0.29, 0.717) is 23.0 Å². The summed E-state index contributed by atoms with van der Waals surface area (Å²) in [6.07, 6.45) is 1.76.